The van der Waals surface area contributed by atoms with Crippen molar-refractivity contribution >= 4 is 5.71 Å². The Bertz CT molecular complexity index is 139. The molecule has 0 radical (unpaired) electrons. The van der Waals surface area contributed by atoms with Crippen LogP contribution in [0.5, 0.6) is 0 Å². The van der Waals surface area contributed by atoms with E-state index >= 15 is 0 Å². The Morgan fingerprint density at radius 1 is 1.33 bits per heavy atom. The first kappa shape index (κ1) is 11.5. The van der Waals surface area contributed by atoms with Crippen molar-refractivity contribution in [2.45, 2.75) is 40.0 Å². The molecule has 0 aromatic carbocycles. The normalized spacial score (nSPS) is 14.6. The van der Waals surface area contributed by atoms with Crippen molar-refractivity contribution < 1.29 is 0 Å². The van der Waals surface area contributed by atoms with Gasteiger partial charge in [-0.2, -0.15) is 5.10 Å². The Kier molecular flexibility index (Phi) is 5.77. The third-order valence-corrected chi connectivity index (χ3v) is 1.98. The van der Waals surface area contributed by atoms with Crippen LogP contribution in [0.1, 0.15) is 40.0 Å². The topological polar surface area (TPSA) is 15.6 Å². The van der Waals surface area contributed by atoms with Crippen molar-refractivity contribution in [1.29, 1.82) is 0 Å². The number of nitrogens with zero attached hydrogens (tertiary/aromatic N) is 2. The summed E-state index contributed by atoms with van der Waals surface area (Å²) >= 11 is 0. The minimum atomic E-state index is 0.641. The average molecular weight is 170 g/mol. The highest BCUT2D eigenvalue weighted by Crippen LogP contribution is 2.10. The highest BCUT2D eigenvalue weighted by Gasteiger charge is 2.07. The zero-order valence-electron chi connectivity index (χ0n) is 9.09. The standard InChI is InChI=1S/C10H22N2/c1-6-8-9(3)10(7-2)11-12(4)5/h9H,6-8H2,1-5H3/b11-10+. The van der Waals surface area contributed by atoms with E-state index in [2.05, 4.69) is 25.9 Å². The summed E-state index contributed by atoms with van der Waals surface area (Å²) in [5.74, 6) is 0.641. The Morgan fingerprint density at radius 3 is 2.25 bits per heavy atom. The fourth-order valence-corrected chi connectivity index (χ4v) is 1.37. The van der Waals surface area contributed by atoms with Crippen LogP contribution in [0.2, 0.25) is 0 Å². The molecular formula is C10H22N2. The Balaban J connectivity index is 4.13. The van der Waals surface area contributed by atoms with Crippen LogP contribution in [-0.4, -0.2) is 24.8 Å². The molecule has 0 aromatic heterocycles. The van der Waals surface area contributed by atoms with Gasteiger partial charge in [0.05, 0.1) is 0 Å². The molecule has 1 unspecified atom stereocenters. The van der Waals surface area contributed by atoms with Gasteiger partial charge < -0.3 is 5.01 Å². The maximum absolute atomic E-state index is 4.46. The van der Waals surface area contributed by atoms with Gasteiger partial charge in [0.25, 0.3) is 0 Å². The van der Waals surface area contributed by atoms with E-state index in [0.29, 0.717) is 5.92 Å². The zero-order chi connectivity index (χ0) is 9.56. The summed E-state index contributed by atoms with van der Waals surface area (Å²) in [6.45, 7) is 6.66. The molecule has 2 heteroatoms. The fraction of sp³-hybridized carbons (Fsp3) is 0.900. The van der Waals surface area contributed by atoms with Crippen molar-refractivity contribution in [3.8, 4) is 0 Å². The summed E-state index contributed by atoms with van der Waals surface area (Å²) in [7, 11) is 3.96. The van der Waals surface area contributed by atoms with Gasteiger partial charge in [-0.3, -0.25) is 0 Å². The van der Waals surface area contributed by atoms with Crippen LogP contribution in [0.3, 0.4) is 0 Å². The third-order valence-electron chi connectivity index (χ3n) is 1.98. The van der Waals surface area contributed by atoms with Crippen LogP contribution in [0, 0.1) is 5.92 Å². The van der Waals surface area contributed by atoms with Crippen molar-refractivity contribution in [2.75, 3.05) is 14.1 Å². The molecule has 0 heterocycles. The van der Waals surface area contributed by atoms with Gasteiger partial charge in [-0.25, -0.2) is 0 Å². The van der Waals surface area contributed by atoms with E-state index in [1.54, 1.807) is 0 Å². The summed E-state index contributed by atoms with van der Waals surface area (Å²) in [5, 5.41) is 6.36. The largest absolute Gasteiger partial charge is 0.303 e. The number of rotatable bonds is 5. The smallest absolute Gasteiger partial charge is 0.0405 e. The average Bonchev–Trinajstić information content (AvgIpc) is 2.00. The first-order valence-electron chi connectivity index (χ1n) is 4.86. The first-order valence-corrected chi connectivity index (χ1v) is 4.86. The quantitative estimate of drug-likeness (QED) is 0.457. The van der Waals surface area contributed by atoms with Crippen molar-refractivity contribution in [3.63, 3.8) is 0 Å². The monoisotopic (exact) mass is 170 g/mol. The van der Waals surface area contributed by atoms with E-state index in [1.807, 2.05) is 19.1 Å². The molecule has 0 rings (SSSR count). The molecule has 0 amide bonds. The lowest BCUT2D eigenvalue weighted by Gasteiger charge is -2.15. The third kappa shape index (κ3) is 4.37. The molecule has 0 fully saturated rings. The Morgan fingerprint density at radius 2 is 1.92 bits per heavy atom. The molecule has 0 aliphatic heterocycles. The van der Waals surface area contributed by atoms with E-state index in [1.165, 1.54) is 18.6 Å². The molecule has 0 N–H and O–H groups in total. The Hall–Kier alpha value is -0.530. The van der Waals surface area contributed by atoms with Crippen molar-refractivity contribution in [1.82, 2.24) is 5.01 Å². The van der Waals surface area contributed by atoms with Gasteiger partial charge in [-0.15, -0.1) is 0 Å². The van der Waals surface area contributed by atoms with Crippen LogP contribution in [-0.2, 0) is 0 Å². The van der Waals surface area contributed by atoms with Crippen molar-refractivity contribution in [2.24, 2.45) is 11.0 Å². The summed E-state index contributed by atoms with van der Waals surface area (Å²) in [6.07, 6.45) is 3.56. The van der Waals surface area contributed by atoms with Gasteiger partial charge >= 0.3 is 0 Å². The van der Waals surface area contributed by atoms with Gasteiger partial charge in [-0.05, 0) is 18.8 Å². The minimum absolute atomic E-state index is 0.641. The van der Waals surface area contributed by atoms with Gasteiger partial charge in [0, 0.05) is 19.8 Å². The molecular weight excluding hydrogens is 148 g/mol. The summed E-state index contributed by atoms with van der Waals surface area (Å²) < 4.78 is 0. The van der Waals surface area contributed by atoms with Crippen LogP contribution >= 0.6 is 0 Å². The van der Waals surface area contributed by atoms with Crippen LogP contribution in [0.4, 0.5) is 0 Å². The SMILES string of the molecule is CCCC(C)/C(CC)=N/N(C)C. The van der Waals surface area contributed by atoms with Crippen LogP contribution in [0.15, 0.2) is 5.10 Å². The fourth-order valence-electron chi connectivity index (χ4n) is 1.37. The molecule has 0 spiro atoms. The number of hydrazone groups is 1. The molecule has 12 heavy (non-hydrogen) atoms. The van der Waals surface area contributed by atoms with Crippen LogP contribution in [0.25, 0.3) is 0 Å². The number of hydrogen-bond acceptors (Lipinski definition) is 2. The molecule has 0 aliphatic carbocycles. The second kappa shape index (κ2) is 6.04. The van der Waals surface area contributed by atoms with Crippen molar-refractivity contribution in [3.05, 3.63) is 0 Å². The lowest BCUT2D eigenvalue weighted by molar-refractivity contribution is 0.429. The molecule has 2 nitrogen and oxygen atoms in total. The van der Waals surface area contributed by atoms with E-state index in [-0.39, 0.29) is 0 Å². The summed E-state index contributed by atoms with van der Waals surface area (Å²) in [5.41, 5.74) is 1.32. The molecule has 0 saturated heterocycles. The summed E-state index contributed by atoms with van der Waals surface area (Å²) in [6, 6.07) is 0. The highest BCUT2D eigenvalue weighted by atomic mass is 15.4. The maximum atomic E-state index is 4.46. The van der Waals surface area contributed by atoms with E-state index in [0.717, 1.165) is 6.42 Å². The number of hydrogen-bond donors (Lipinski definition) is 0. The second-order valence-corrected chi connectivity index (χ2v) is 3.48. The molecule has 0 saturated carbocycles. The maximum Gasteiger partial charge on any atom is 0.0405 e. The van der Waals surface area contributed by atoms with E-state index in [9.17, 15) is 0 Å². The zero-order valence-corrected chi connectivity index (χ0v) is 9.09. The molecule has 72 valence electrons. The molecule has 0 aromatic rings. The first-order chi connectivity index (χ1) is 5.61. The highest BCUT2D eigenvalue weighted by molar-refractivity contribution is 5.85. The van der Waals surface area contributed by atoms with Gasteiger partial charge in [0.2, 0.25) is 0 Å². The minimum Gasteiger partial charge on any atom is -0.303 e. The predicted molar refractivity (Wildman–Crippen MR) is 55.5 cm³/mol. The molecule has 1 atom stereocenters. The summed E-state index contributed by atoms with van der Waals surface area (Å²) in [4.78, 5) is 0. The lowest BCUT2D eigenvalue weighted by atomic mass is 9.98. The van der Waals surface area contributed by atoms with E-state index in [4.69, 9.17) is 0 Å². The lowest BCUT2D eigenvalue weighted by Crippen LogP contribution is -2.15. The second-order valence-electron chi connectivity index (χ2n) is 3.48. The van der Waals surface area contributed by atoms with E-state index < -0.39 is 0 Å². The molecule has 0 bridgehead atoms. The predicted octanol–water partition coefficient (Wildman–Crippen LogP) is 2.75. The van der Waals surface area contributed by atoms with Gasteiger partial charge in [-0.1, -0.05) is 27.2 Å². The molecule has 0 aliphatic rings. The van der Waals surface area contributed by atoms with Gasteiger partial charge in [0.1, 0.15) is 0 Å². The Labute approximate surface area is 76.6 Å². The van der Waals surface area contributed by atoms with Crippen LogP contribution < -0.4 is 0 Å². The van der Waals surface area contributed by atoms with Gasteiger partial charge in [0.15, 0.2) is 0 Å².